The normalized spacial score (nSPS) is 10.5. The van der Waals surface area contributed by atoms with Crippen molar-refractivity contribution in [1.29, 1.82) is 0 Å². The predicted molar refractivity (Wildman–Crippen MR) is 86.9 cm³/mol. The molecule has 2 aromatic heterocycles. The second-order valence-electron chi connectivity index (χ2n) is 4.60. The summed E-state index contributed by atoms with van der Waals surface area (Å²) in [7, 11) is 0. The van der Waals surface area contributed by atoms with E-state index in [0.29, 0.717) is 27.1 Å². The fraction of sp³-hybridized carbons (Fsp3) is 0.429. The lowest BCUT2D eigenvalue weighted by Gasteiger charge is -2.01. The number of anilines is 1. The fourth-order valence-corrected chi connectivity index (χ4v) is 3.46. The topological polar surface area (TPSA) is 81.2 Å². The van der Waals surface area contributed by atoms with Gasteiger partial charge in [-0.3, -0.25) is 4.79 Å². The zero-order valence-corrected chi connectivity index (χ0v) is 14.3. The van der Waals surface area contributed by atoms with Gasteiger partial charge in [-0.1, -0.05) is 17.8 Å². The number of aromatic nitrogens is 2. The van der Waals surface area contributed by atoms with Crippen molar-refractivity contribution in [2.75, 3.05) is 11.9 Å². The van der Waals surface area contributed by atoms with Gasteiger partial charge in [0, 0.05) is 0 Å². The smallest absolute Gasteiger partial charge is 0.348 e. The van der Waals surface area contributed by atoms with Crippen LogP contribution in [0.2, 0.25) is 0 Å². The van der Waals surface area contributed by atoms with Crippen LogP contribution in [-0.4, -0.2) is 28.1 Å². The summed E-state index contributed by atoms with van der Waals surface area (Å²) in [5.74, 6) is -0.605. The van der Waals surface area contributed by atoms with E-state index in [1.807, 2.05) is 13.8 Å². The fourth-order valence-electron chi connectivity index (χ4n) is 1.89. The van der Waals surface area contributed by atoms with E-state index in [1.54, 1.807) is 13.0 Å². The summed E-state index contributed by atoms with van der Waals surface area (Å²) in [5, 5.41) is 7.40. The molecule has 0 spiro atoms. The van der Waals surface area contributed by atoms with Crippen LogP contribution in [0.1, 0.15) is 50.9 Å². The van der Waals surface area contributed by atoms with Gasteiger partial charge in [0.1, 0.15) is 9.75 Å². The molecule has 2 rings (SSSR count). The molecule has 1 amide bonds. The second-order valence-corrected chi connectivity index (χ2v) is 6.40. The van der Waals surface area contributed by atoms with E-state index in [4.69, 9.17) is 4.74 Å². The van der Waals surface area contributed by atoms with E-state index >= 15 is 0 Å². The average molecular weight is 339 g/mol. The highest BCUT2D eigenvalue weighted by molar-refractivity contribution is 7.18. The first-order valence-corrected chi connectivity index (χ1v) is 8.55. The molecular weight excluding hydrogens is 322 g/mol. The average Bonchev–Trinajstić information content (AvgIpc) is 3.06. The van der Waals surface area contributed by atoms with Gasteiger partial charge in [0.15, 0.2) is 0 Å². The van der Waals surface area contributed by atoms with Crippen LogP contribution in [0.25, 0.3) is 0 Å². The first kappa shape index (κ1) is 16.6. The Bertz CT molecular complexity index is 679. The molecule has 0 unspecified atom stereocenters. The number of carbonyl (C=O) groups is 2. The number of amides is 1. The summed E-state index contributed by atoms with van der Waals surface area (Å²) >= 11 is 2.29. The van der Waals surface area contributed by atoms with Crippen LogP contribution in [0.15, 0.2) is 6.07 Å². The van der Waals surface area contributed by atoms with Crippen molar-refractivity contribution >= 4 is 39.7 Å². The molecule has 0 radical (unpaired) electrons. The molecule has 1 N–H and O–H groups in total. The largest absolute Gasteiger partial charge is 0.462 e. The Morgan fingerprint density at radius 1 is 1.32 bits per heavy atom. The van der Waals surface area contributed by atoms with E-state index in [0.717, 1.165) is 29.9 Å². The molecule has 0 aliphatic carbocycles. The van der Waals surface area contributed by atoms with E-state index < -0.39 is 0 Å². The summed E-state index contributed by atoms with van der Waals surface area (Å²) in [6.07, 6.45) is 1.62. The molecule has 6 nitrogen and oxygen atoms in total. The molecule has 0 aromatic carbocycles. The lowest BCUT2D eigenvalue weighted by Crippen LogP contribution is -2.11. The number of nitrogens with zero attached hydrogens (tertiary/aromatic N) is 2. The Balaban J connectivity index is 2.13. The lowest BCUT2D eigenvalue weighted by molar-refractivity contribution is 0.0531. The molecule has 0 bridgehead atoms. The maximum atomic E-state index is 12.3. The number of hydrogen-bond acceptors (Lipinski definition) is 7. The van der Waals surface area contributed by atoms with Crippen LogP contribution in [0.4, 0.5) is 5.00 Å². The van der Waals surface area contributed by atoms with Gasteiger partial charge in [-0.2, -0.15) is 0 Å². The summed E-state index contributed by atoms with van der Waals surface area (Å²) in [6.45, 7) is 5.92. The zero-order chi connectivity index (χ0) is 16.1. The zero-order valence-electron chi connectivity index (χ0n) is 12.6. The van der Waals surface area contributed by atoms with E-state index in [2.05, 4.69) is 14.9 Å². The first-order valence-electron chi connectivity index (χ1n) is 6.96. The van der Waals surface area contributed by atoms with Crippen LogP contribution >= 0.6 is 22.9 Å². The van der Waals surface area contributed by atoms with Crippen LogP contribution in [0.5, 0.6) is 0 Å². The van der Waals surface area contributed by atoms with Crippen molar-refractivity contribution in [3.63, 3.8) is 0 Å². The second kappa shape index (κ2) is 7.46. The number of ether oxygens (including phenoxy) is 1. The minimum Gasteiger partial charge on any atom is -0.462 e. The van der Waals surface area contributed by atoms with Gasteiger partial charge in [-0.15, -0.1) is 16.4 Å². The number of hydrogen-bond donors (Lipinski definition) is 1. The van der Waals surface area contributed by atoms with Crippen molar-refractivity contribution in [1.82, 2.24) is 9.59 Å². The minimum absolute atomic E-state index is 0.241. The summed E-state index contributed by atoms with van der Waals surface area (Å²) < 4.78 is 8.83. The number of rotatable bonds is 6. The molecule has 0 saturated heterocycles. The van der Waals surface area contributed by atoms with Crippen LogP contribution in [-0.2, 0) is 11.2 Å². The SMILES string of the molecule is CCCc1nnsc1C(=O)Nc1cc(C)c(C(=O)OCC)s1. The number of carbonyl (C=O) groups excluding carboxylic acids is 2. The summed E-state index contributed by atoms with van der Waals surface area (Å²) in [6, 6.07) is 1.77. The number of thiophene rings is 1. The van der Waals surface area contributed by atoms with Gasteiger partial charge in [0.05, 0.1) is 17.3 Å². The monoisotopic (exact) mass is 339 g/mol. The Morgan fingerprint density at radius 2 is 2.09 bits per heavy atom. The van der Waals surface area contributed by atoms with Crippen LogP contribution < -0.4 is 5.32 Å². The first-order chi connectivity index (χ1) is 10.6. The number of aryl methyl sites for hydroxylation is 2. The Hall–Kier alpha value is -1.80. The van der Waals surface area contributed by atoms with Gasteiger partial charge in [-0.05, 0) is 43.4 Å². The molecule has 22 heavy (non-hydrogen) atoms. The van der Waals surface area contributed by atoms with Gasteiger partial charge in [0.2, 0.25) is 0 Å². The van der Waals surface area contributed by atoms with Crippen molar-refractivity contribution in [2.45, 2.75) is 33.6 Å². The van der Waals surface area contributed by atoms with Crippen molar-refractivity contribution in [3.8, 4) is 0 Å². The maximum absolute atomic E-state index is 12.3. The third-order valence-electron chi connectivity index (χ3n) is 2.86. The Kier molecular flexibility index (Phi) is 5.62. The predicted octanol–water partition coefficient (Wildman–Crippen LogP) is 3.29. The van der Waals surface area contributed by atoms with E-state index in [1.165, 1.54) is 11.3 Å². The third kappa shape index (κ3) is 3.69. The summed E-state index contributed by atoms with van der Waals surface area (Å²) in [5.41, 5.74) is 1.50. The molecule has 0 aliphatic heterocycles. The standard InChI is InChI=1S/C14H17N3O3S2/c1-4-6-9-12(22-17-16-9)13(18)15-10-7-8(3)11(21-10)14(19)20-5-2/h7H,4-6H2,1-3H3,(H,15,18). The highest BCUT2D eigenvalue weighted by atomic mass is 32.1. The van der Waals surface area contributed by atoms with E-state index in [9.17, 15) is 9.59 Å². The summed E-state index contributed by atoms with van der Waals surface area (Å²) in [4.78, 5) is 25.1. The molecule has 2 aromatic rings. The van der Waals surface area contributed by atoms with E-state index in [-0.39, 0.29) is 11.9 Å². The van der Waals surface area contributed by atoms with Gasteiger partial charge in [0.25, 0.3) is 5.91 Å². The van der Waals surface area contributed by atoms with Gasteiger partial charge >= 0.3 is 5.97 Å². The van der Waals surface area contributed by atoms with Gasteiger partial charge in [-0.25, -0.2) is 4.79 Å². The molecule has 2 heterocycles. The molecule has 8 heteroatoms. The minimum atomic E-state index is -0.364. The number of nitrogens with one attached hydrogen (secondary N) is 1. The molecule has 118 valence electrons. The van der Waals surface area contributed by atoms with Crippen LogP contribution in [0.3, 0.4) is 0 Å². The molecule has 0 fully saturated rings. The highest BCUT2D eigenvalue weighted by Gasteiger charge is 2.19. The van der Waals surface area contributed by atoms with Gasteiger partial charge < -0.3 is 10.1 Å². The highest BCUT2D eigenvalue weighted by Crippen LogP contribution is 2.28. The molecule has 0 aliphatic rings. The molecule has 0 atom stereocenters. The van der Waals surface area contributed by atoms with Crippen LogP contribution in [0, 0.1) is 6.92 Å². The quantitative estimate of drug-likeness (QED) is 0.817. The lowest BCUT2D eigenvalue weighted by atomic mass is 10.2. The van der Waals surface area contributed by atoms with Crippen molar-refractivity contribution in [2.24, 2.45) is 0 Å². The maximum Gasteiger partial charge on any atom is 0.348 e. The number of esters is 1. The molecule has 0 saturated carbocycles. The van der Waals surface area contributed by atoms with Crippen molar-refractivity contribution < 1.29 is 14.3 Å². The Labute approximate surface area is 136 Å². The molecular formula is C14H17N3O3S2. The third-order valence-corrected chi connectivity index (χ3v) is 4.76. The van der Waals surface area contributed by atoms with Crippen molar-refractivity contribution in [3.05, 3.63) is 27.1 Å². The Morgan fingerprint density at radius 3 is 2.77 bits per heavy atom.